The van der Waals surface area contributed by atoms with Crippen LogP contribution in [-0.2, 0) is 19.9 Å². The molecule has 1 aliphatic heterocycles. The van der Waals surface area contributed by atoms with E-state index in [4.69, 9.17) is 16.3 Å². The van der Waals surface area contributed by atoms with Gasteiger partial charge in [-0.15, -0.1) is 0 Å². The van der Waals surface area contributed by atoms with Crippen molar-refractivity contribution in [1.29, 1.82) is 0 Å². The zero-order valence-corrected chi connectivity index (χ0v) is 27.8. The summed E-state index contributed by atoms with van der Waals surface area (Å²) in [5.74, 6) is -3.09. The van der Waals surface area contributed by atoms with Crippen LogP contribution in [-0.4, -0.2) is 54.0 Å². The third-order valence-corrected chi connectivity index (χ3v) is 10.6. The number of carbonyl (C=O) groups is 2. The summed E-state index contributed by atoms with van der Waals surface area (Å²) < 4.78 is 6.31. The Morgan fingerprint density at radius 2 is 1.32 bits per heavy atom. The smallest absolute Gasteiger partial charge is 0.311 e. The first kappa shape index (κ1) is 34.3. The number of rotatable bonds is 13. The highest BCUT2D eigenvalue weighted by atomic mass is 35.5. The van der Waals surface area contributed by atoms with Crippen LogP contribution in [0.1, 0.15) is 55.4 Å². The second-order valence-corrected chi connectivity index (χ2v) is 12.9. The molecule has 0 spiro atoms. The van der Waals surface area contributed by atoms with E-state index in [0.29, 0.717) is 17.1 Å². The molecule has 4 aromatic rings. The van der Waals surface area contributed by atoms with Crippen molar-refractivity contribution in [2.45, 2.75) is 50.7 Å². The molecule has 47 heavy (non-hydrogen) atoms. The molecule has 5 rings (SSSR count). The first-order valence-electron chi connectivity index (χ1n) is 16.1. The Labute approximate surface area is 281 Å². The van der Waals surface area contributed by atoms with Gasteiger partial charge in [-0.25, -0.2) is 0 Å². The van der Waals surface area contributed by atoms with Crippen molar-refractivity contribution in [3.8, 4) is 0 Å². The van der Waals surface area contributed by atoms with E-state index in [1.165, 1.54) is 0 Å². The maximum Gasteiger partial charge on any atom is 0.311 e. The van der Waals surface area contributed by atoms with Gasteiger partial charge in [-0.2, -0.15) is 0 Å². The predicted molar refractivity (Wildman–Crippen MR) is 185 cm³/mol. The minimum absolute atomic E-state index is 0.0673. The molecule has 0 amide bonds. The summed E-state index contributed by atoms with van der Waals surface area (Å²) in [6.07, 6.45) is 0.173. The quantitative estimate of drug-likeness (QED) is 0.0912. The van der Waals surface area contributed by atoms with Gasteiger partial charge < -0.3 is 20.3 Å². The third kappa shape index (κ3) is 6.09. The molecular weight excluding hydrogens is 612 g/mol. The summed E-state index contributed by atoms with van der Waals surface area (Å²) in [6, 6.07) is 36.5. The standard InChI is InChI=1S/C39H43ClN2O5/c1-4-38(36(45)46)33(42-27(2)37(3,35(43)44)34(38)31-22-14-15-23-32(31)40)26-47-25-24-41-39(28-16-8-5-9-17-28,29-18-10-6-11-19-29)30-20-12-7-13-21-30/h5-23,27,33-34,41-42H,4,24-26H2,1-3H3,(H,43,44)(H,45,46). The van der Waals surface area contributed by atoms with Crippen molar-refractivity contribution in [3.05, 3.63) is 143 Å². The summed E-state index contributed by atoms with van der Waals surface area (Å²) in [5, 5.41) is 29.0. The van der Waals surface area contributed by atoms with Gasteiger partial charge in [0, 0.05) is 29.6 Å². The summed E-state index contributed by atoms with van der Waals surface area (Å²) in [6.45, 7) is 6.01. The Balaban J connectivity index is 1.44. The largest absolute Gasteiger partial charge is 0.481 e. The number of hydrogen-bond acceptors (Lipinski definition) is 5. The molecule has 1 fully saturated rings. The molecule has 1 heterocycles. The molecule has 5 unspecified atom stereocenters. The van der Waals surface area contributed by atoms with Gasteiger partial charge >= 0.3 is 11.9 Å². The van der Waals surface area contributed by atoms with E-state index in [-0.39, 0.29) is 19.6 Å². The zero-order chi connectivity index (χ0) is 33.7. The molecule has 1 saturated heterocycles. The van der Waals surface area contributed by atoms with E-state index in [0.717, 1.165) is 16.7 Å². The highest BCUT2D eigenvalue weighted by Crippen LogP contribution is 2.58. The highest BCUT2D eigenvalue weighted by Gasteiger charge is 2.65. The number of piperidine rings is 1. The van der Waals surface area contributed by atoms with Crippen LogP contribution in [0.4, 0.5) is 0 Å². The fourth-order valence-electron chi connectivity index (χ4n) is 7.68. The monoisotopic (exact) mass is 654 g/mol. The number of ether oxygens (including phenoxy) is 1. The summed E-state index contributed by atoms with van der Waals surface area (Å²) in [5.41, 5.74) is 0.0987. The third-order valence-electron chi connectivity index (χ3n) is 10.3. The van der Waals surface area contributed by atoms with E-state index in [1.807, 2.05) is 54.6 Å². The minimum Gasteiger partial charge on any atom is -0.481 e. The van der Waals surface area contributed by atoms with Crippen LogP contribution in [0.3, 0.4) is 0 Å². The van der Waals surface area contributed by atoms with Gasteiger partial charge in [-0.05, 0) is 48.6 Å². The van der Waals surface area contributed by atoms with Crippen molar-refractivity contribution in [3.63, 3.8) is 0 Å². The lowest BCUT2D eigenvalue weighted by Gasteiger charge is -2.56. The normalized spacial score (nSPS) is 24.5. The van der Waals surface area contributed by atoms with E-state index in [9.17, 15) is 19.8 Å². The number of nitrogens with one attached hydrogen (secondary N) is 2. The first-order chi connectivity index (χ1) is 22.6. The average Bonchev–Trinajstić information content (AvgIpc) is 3.09. The van der Waals surface area contributed by atoms with Crippen molar-refractivity contribution < 1.29 is 24.5 Å². The summed E-state index contributed by atoms with van der Waals surface area (Å²) in [4.78, 5) is 26.3. The van der Waals surface area contributed by atoms with E-state index in [2.05, 4.69) is 47.0 Å². The summed E-state index contributed by atoms with van der Waals surface area (Å²) in [7, 11) is 0. The topological polar surface area (TPSA) is 108 Å². The maximum absolute atomic E-state index is 13.4. The average molecular weight is 655 g/mol. The van der Waals surface area contributed by atoms with Gasteiger partial charge in [0.15, 0.2) is 0 Å². The van der Waals surface area contributed by atoms with E-state index in [1.54, 1.807) is 45.0 Å². The molecule has 0 radical (unpaired) electrons. The molecule has 246 valence electrons. The van der Waals surface area contributed by atoms with Crippen LogP contribution < -0.4 is 10.6 Å². The molecule has 4 N–H and O–H groups in total. The Kier molecular flexibility index (Phi) is 10.5. The molecule has 0 bridgehead atoms. The number of carboxylic acid groups (broad SMARTS) is 2. The second kappa shape index (κ2) is 14.4. The fraction of sp³-hybridized carbons (Fsp3) is 0.333. The lowest BCUT2D eigenvalue weighted by atomic mass is 9.51. The SMILES string of the molecule is CCC1(C(=O)O)C(COCCNC(c2ccccc2)(c2ccccc2)c2ccccc2)NC(C)C(C)(C(=O)O)C1c1ccccc1Cl. The van der Waals surface area contributed by atoms with Gasteiger partial charge in [0.1, 0.15) is 0 Å². The van der Waals surface area contributed by atoms with E-state index >= 15 is 0 Å². The molecule has 5 atom stereocenters. The Bertz CT molecular complexity index is 1560. The number of halogens is 1. The molecule has 1 aliphatic rings. The Morgan fingerprint density at radius 3 is 1.77 bits per heavy atom. The van der Waals surface area contributed by atoms with Crippen molar-refractivity contribution >= 4 is 23.5 Å². The first-order valence-corrected chi connectivity index (χ1v) is 16.5. The zero-order valence-electron chi connectivity index (χ0n) is 27.0. The molecule has 8 heteroatoms. The lowest BCUT2D eigenvalue weighted by Crippen LogP contribution is -2.70. The highest BCUT2D eigenvalue weighted by molar-refractivity contribution is 6.31. The van der Waals surface area contributed by atoms with Crippen LogP contribution in [0, 0.1) is 10.8 Å². The Hall–Kier alpha value is -4.01. The van der Waals surface area contributed by atoms with Gasteiger partial charge in [0.2, 0.25) is 0 Å². The molecule has 4 aromatic carbocycles. The lowest BCUT2D eigenvalue weighted by molar-refractivity contribution is -0.174. The number of benzene rings is 4. The van der Waals surface area contributed by atoms with Crippen LogP contribution in [0.2, 0.25) is 5.02 Å². The Morgan fingerprint density at radius 1 is 0.830 bits per heavy atom. The van der Waals surface area contributed by atoms with Crippen molar-refractivity contribution in [2.75, 3.05) is 19.8 Å². The molecule has 7 nitrogen and oxygen atoms in total. The number of hydrogen-bond donors (Lipinski definition) is 4. The predicted octanol–water partition coefficient (Wildman–Crippen LogP) is 6.95. The van der Waals surface area contributed by atoms with Crippen LogP contribution in [0.15, 0.2) is 115 Å². The molecule has 0 aromatic heterocycles. The number of aliphatic carboxylic acids is 2. The maximum atomic E-state index is 13.4. The van der Waals surface area contributed by atoms with Gasteiger partial charge in [-0.3, -0.25) is 14.9 Å². The molecular formula is C39H43ClN2O5. The van der Waals surface area contributed by atoms with Crippen LogP contribution in [0.25, 0.3) is 0 Å². The number of carboxylic acids is 2. The van der Waals surface area contributed by atoms with Crippen LogP contribution >= 0.6 is 11.6 Å². The van der Waals surface area contributed by atoms with Gasteiger partial charge in [0.05, 0.1) is 29.6 Å². The van der Waals surface area contributed by atoms with Gasteiger partial charge in [0.25, 0.3) is 0 Å². The molecule has 0 aliphatic carbocycles. The minimum atomic E-state index is -1.51. The second-order valence-electron chi connectivity index (χ2n) is 12.5. The van der Waals surface area contributed by atoms with Crippen molar-refractivity contribution in [1.82, 2.24) is 10.6 Å². The fourth-order valence-corrected chi connectivity index (χ4v) is 7.93. The van der Waals surface area contributed by atoms with E-state index < -0.39 is 46.3 Å². The van der Waals surface area contributed by atoms with Crippen molar-refractivity contribution in [2.24, 2.45) is 10.8 Å². The summed E-state index contributed by atoms with van der Waals surface area (Å²) >= 11 is 6.67. The van der Waals surface area contributed by atoms with Crippen LogP contribution in [0.5, 0.6) is 0 Å². The molecule has 0 saturated carbocycles. The van der Waals surface area contributed by atoms with Gasteiger partial charge in [-0.1, -0.05) is 128 Å².